The van der Waals surface area contributed by atoms with Crippen LogP contribution in [-0.4, -0.2) is 23.8 Å². The van der Waals surface area contributed by atoms with Crippen LogP contribution < -0.4 is 5.32 Å². The highest BCUT2D eigenvalue weighted by atomic mass is 16.6. The summed E-state index contributed by atoms with van der Waals surface area (Å²) in [5.74, 6) is 0. The number of aliphatic hydroxyl groups is 1. The van der Waals surface area contributed by atoms with Gasteiger partial charge in [0.1, 0.15) is 0 Å². The first-order valence-corrected chi connectivity index (χ1v) is 8.18. The van der Waals surface area contributed by atoms with E-state index in [4.69, 9.17) is 4.74 Å². The Morgan fingerprint density at radius 1 is 1.08 bits per heavy atom. The van der Waals surface area contributed by atoms with Crippen molar-refractivity contribution >= 4 is 6.09 Å². The molecule has 0 aromatic heterocycles. The molecule has 0 heterocycles. The summed E-state index contributed by atoms with van der Waals surface area (Å²) in [5.41, 5.74) is 3.89. The average Bonchev–Trinajstić information content (AvgIpc) is 2.86. The molecule has 1 atom stereocenters. The summed E-state index contributed by atoms with van der Waals surface area (Å²) in [4.78, 5) is 12.2. The SMILES string of the molecule is CC(C)(C)[C@@H](O)CNC(=O)OC1c2ccccc2-c2ccccc21. The van der Waals surface area contributed by atoms with E-state index in [1.54, 1.807) is 0 Å². The topological polar surface area (TPSA) is 58.6 Å². The van der Waals surface area contributed by atoms with Crippen LogP contribution >= 0.6 is 0 Å². The maximum atomic E-state index is 12.2. The molecule has 2 aromatic carbocycles. The molecule has 0 unspecified atom stereocenters. The molecule has 2 N–H and O–H groups in total. The summed E-state index contributed by atoms with van der Waals surface area (Å²) in [6.45, 7) is 5.94. The third-order valence-electron chi connectivity index (χ3n) is 4.44. The number of fused-ring (bicyclic) bond motifs is 3. The van der Waals surface area contributed by atoms with Crippen LogP contribution in [0, 0.1) is 5.41 Å². The van der Waals surface area contributed by atoms with Gasteiger partial charge in [-0.2, -0.15) is 0 Å². The fraction of sp³-hybridized carbons (Fsp3) is 0.350. The van der Waals surface area contributed by atoms with E-state index in [1.165, 1.54) is 0 Å². The molecule has 0 saturated heterocycles. The van der Waals surface area contributed by atoms with E-state index in [1.807, 2.05) is 69.3 Å². The maximum absolute atomic E-state index is 12.2. The van der Waals surface area contributed by atoms with Gasteiger partial charge in [0.15, 0.2) is 6.10 Å². The lowest BCUT2D eigenvalue weighted by Crippen LogP contribution is -2.39. The van der Waals surface area contributed by atoms with Gasteiger partial charge in [-0.15, -0.1) is 0 Å². The van der Waals surface area contributed by atoms with Gasteiger partial charge in [-0.25, -0.2) is 4.79 Å². The van der Waals surface area contributed by atoms with Crippen molar-refractivity contribution < 1.29 is 14.6 Å². The molecule has 1 aliphatic rings. The average molecular weight is 325 g/mol. The Kier molecular flexibility index (Phi) is 4.33. The monoisotopic (exact) mass is 325 g/mol. The first kappa shape index (κ1) is 16.5. The summed E-state index contributed by atoms with van der Waals surface area (Å²) < 4.78 is 5.67. The van der Waals surface area contributed by atoms with Crippen molar-refractivity contribution in [2.24, 2.45) is 5.41 Å². The minimum Gasteiger partial charge on any atom is -0.436 e. The van der Waals surface area contributed by atoms with E-state index in [2.05, 4.69) is 5.32 Å². The molecule has 0 fully saturated rings. The second kappa shape index (κ2) is 6.29. The van der Waals surface area contributed by atoms with Gasteiger partial charge in [-0.05, 0) is 16.5 Å². The quantitative estimate of drug-likeness (QED) is 0.900. The molecule has 0 spiro atoms. The number of amides is 1. The Morgan fingerprint density at radius 2 is 1.58 bits per heavy atom. The molecule has 2 aromatic rings. The lowest BCUT2D eigenvalue weighted by Gasteiger charge is -2.26. The second-order valence-electron chi connectivity index (χ2n) is 7.22. The van der Waals surface area contributed by atoms with Gasteiger partial charge < -0.3 is 15.2 Å². The number of ether oxygens (including phenoxy) is 1. The first-order valence-electron chi connectivity index (χ1n) is 8.18. The van der Waals surface area contributed by atoms with E-state index < -0.39 is 18.3 Å². The lowest BCUT2D eigenvalue weighted by molar-refractivity contribution is 0.0572. The largest absolute Gasteiger partial charge is 0.436 e. The standard InChI is InChI=1S/C20H23NO3/c1-20(2,3)17(22)12-21-19(23)24-18-15-10-6-4-8-13(15)14-9-5-7-11-16(14)18/h4-11,17-18,22H,12H2,1-3H3,(H,21,23)/t17-/m0/s1. The van der Waals surface area contributed by atoms with Crippen LogP contribution in [0.2, 0.25) is 0 Å². The number of benzene rings is 2. The molecule has 3 rings (SSSR count). The summed E-state index contributed by atoms with van der Waals surface area (Å²) in [6.07, 6.45) is -1.56. The van der Waals surface area contributed by atoms with Crippen molar-refractivity contribution in [2.75, 3.05) is 6.54 Å². The number of carbonyl (C=O) groups excluding carboxylic acids is 1. The summed E-state index contributed by atoms with van der Waals surface area (Å²) >= 11 is 0. The Bertz CT molecular complexity index is 703. The zero-order chi connectivity index (χ0) is 17.3. The third kappa shape index (κ3) is 3.15. The molecule has 4 heteroatoms. The molecule has 0 bridgehead atoms. The van der Waals surface area contributed by atoms with Crippen molar-refractivity contribution in [2.45, 2.75) is 33.0 Å². The van der Waals surface area contributed by atoms with Crippen molar-refractivity contribution in [1.82, 2.24) is 5.32 Å². The summed E-state index contributed by atoms with van der Waals surface area (Å²) in [5, 5.41) is 12.7. The Labute approximate surface area is 142 Å². The van der Waals surface area contributed by atoms with E-state index in [9.17, 15) is 9.90 Å². The normalized spacial score (nSPS) is 14.7. The van der Waals surface area contributed by atoms with Gasteiger partial charge in [-0.1, -0.05) is 69.3 Å². The summed E-state index contributed by atoms with van der Waals surface area (Å²) in [6, 6.07) is 15.9. The molecular weight excluding hydrogens is 302 g/mol. The number of hydrogen-bond donors (Lipinski definition) is 2. The molecular formula is C20H23NO3. The number of aliphatic hydroxyl groups excluding tert-OH is 1. The highest BCUT2D eigenvalue weighted by molar-refractivity contribution is 5.79. The minimum atomic E-state index is -0.631. The number of rotatable bonds is 3. The zero-order valence-corrected chi connectivity index (χ0v) is 14.2. The predicted octanol–water partition coefficient (Wildman–Crippen LogP) is 3.89. The fourth-order valence-corrected chi connectivity index (χ4v) is 2.87. The second-order valence-corrected chi connectivity index (χ2v) is 7.22. The van der Waals surface area contributed by atoms with Crippen molar-refractivity contribution in [3.63, 3.8) is 0 Å². The van der Waals surface area contributed by atoms with Crippen molar-refractivity contribution in [3.05, 3.63) is 59.7 Å². The first-order chi connectivity index (χ1) is 11.4. The zero-order valence-electron chi connectivity index (χ0n) is 14.2. The van der Waals surface area contributed by atoms with E-state index >= 15 is 0 Å². The van der Waals surface area contributed by atoms with Gasteiger partial charge in [0.05, 0.1) is 6.10 Å². The molecule has 0 saturated carbocycles. The van der Waals surface area contributed by atoms with Gasteiger partial charge in [0.25, 0.3) is 0 Å². The van der Waals surface area contributed by atoms with Crippen LogP contribution in [0.1, 0.15) is 38.0 Å². The van der Waals surface area contributed by atoms with E-state index in [0.717, 1.165) is 22.3 Å². The molecule has 4 nitrogen and oxygen atoms in total. The third-order valence-corrected chi connectivity index (χ3v) is 4.44. The maximum Gasteiger partial charge on any atom is 0.408 e. The molecule has 1 aliphatic carbocycles. The number of hydrogen-bond acceptors (Lipinski definition) is 3. The Morgan fingerprint density at radius 3 is 2.08 bits per heavy atom. The van der Waals surface area contributed by atoms with Gasteiger partial charge in [0, 0.05) is 17.7 Å². The van der Waals surface area contributed by atoms with E-state index in [0.29, 0.717) is 0 Å². The fourth-order valence-electron chi connectivity index (χ4n) is 2.87. The summed E-state index contributed by atoms with van der Waals surface area (Å²) in [7, 11) is 0. The Hall–Kier alpha value is -2.33. The molecule has 1 amide bonds. The minimum absolute atomic E-state index is 0.165. The van der Waals surface area contributed by atoms with Crippen molar-refractivity contribution in [3.8, 4) is 11.1 Å². The number of nitrogens with one attached hydrogen (secondary N) is 1. The number of alkyl carbamates (subject to hydrolysis) is 1. The van der Waals surface area contributed by atoms with Crippen LogP contribution in [-0.2, 0) is 4.74 Å². The van der Waals surface area contributed by atoms with E-state index in [-0.39, 0.29) is 12.0 Å². The van der Waals surface area contributed by atoms with Gasteiger partial charge in [0.2, 0.25) is 0 Å². The highest BCUT2D eigenvalue weighted by Gasteiger charge is 2.31. The van der Waals surface area contributed by atoms with Crippen LogP contribution in [0.3, 0.4) is 0 Å². The van der Waals surface area contributed by atoms with Crippen LogP contribution in [0.25, 0.3) is 11.1 Å². The van der Waals surface area contributed by atoms with Crippen molar-refractivity contribution in [1.29, 1.82) is 0 Å². The van der Waals surface area contributed by atoms with Gasteiger partial charge in [-0.3, -0.25) is 0 Å². The molecule has 24 heavy (non-hydrogen) atoms. The highest BCUT2D eigenvalue weighted by Crippen LogP contribution is 2.44. The molecule has 0 aliphatic heterocycles. The molecule has 0 radical (unpaired) electrons. The smallest absolute Gasteiger partial charge is 0.408 e. The van der Waals surface area contributed by atoms with Gasteiger partial charge >= 0.3 is 6.09 Å². The van der Waals surface area contributed by atoms with Crippen LogP contribution in [0.5, 0.6) is 0 Å². The van der Waals surface area contributed by atoms with Crippen LogP contribution in [0.4, 0.5) is 4.79 Å². The Balaban J connectivity index is 1.75. The molecule has 126 valence electrons. The predicted molar refractivity (Wildman–Crippen MR) is 93.7 cm³/mol. The number of carbonyl (C=O) groups is 1. The lowest BCUT2D eigenvalue weighted by atomic mass is 9.89. The van der Waals surface area contributed by atoms with Crippen LogP contribution in [0.15, 0.2) is 48.5 Å².